The van der Waals surface area contributed by atoms with Crippen molar-refractivity contribution >= 4 is 40.4 Å². The summed E-state index contributed by atoms with van der Waals surface area (Å²) in [5, 5.41) is 12.6. The van der Waals surface area contributed by atoms with Gasteiger partial charge in [0.05, 0.1) is 30.0 Å². The van der Waals surface area contributed by atoms with E-state index in [-0.39, 0.29) is 11.3 Å². The van der Waals surface area contributed by atoms with E-state index in [0.29, 0.717) is 33.3 Å². The van der Waals surface area contributed by atoms with E-state index < -0.39 is 11.8 Å². The number of methoxy groups -OCH3 is 1. The third-order valence-corrected chi connectivity index (χ3v) is 5.06. The first-order valence-electron chi connectivity index (χ1n) is 9.32. The summed E-state index contributed by atoms with van der Waals surface area (Å²) < 4.78 is 5.24. The molecule has 0 saturated heterocycles. The Morgan fingerprint density at radius 1 is 0.968 bits per heavy atom. The van der Waals surface area contributed by atoms with E-state index in [2.05, 4.69) is 5.32 Å². The van der Waals surface area contributed by atoms with Gasteiger partial charge in [-0.25, -0.2) is 4.90 Å². The van der Waals surface area contributed by atoms with Crippen molar-refractivity contribution in [2.75, 3.05) is 17.3 Å². The van der Waals surface area contributed by atoms with E-state index in [9.17, 15) is 9.59 Å². The maximum absolute atomic E-state index is 13.4. The minimum atomic E-state index is -0.498. The molecule has 152 valence electrons. The quantitative estimate of drug-likeness (QED) is 0.598. The Hall–Kier alpha value is -4.08. The van der Waals surface area contributed by atoms with Gasteiger partial charge < -0.3 is 10.1 Å². The van der Waals surface area contributed by atoms with Crippen LogP contribution in [0.25, 0.3) is 5.57 Å². The molecule has 2 amide bonds. The average Bonchev–Trinajstić information content (AvgIpc) is 3.04. The first kappa shape index (κ1) is 20.2. The zero-order chi connectivity index (χ0) is 22.0. The highest BCUT2D eigenvalue weighted by Crippen LogP contribution is 2.34. The van der Waals surface area contributed by atoms with Crippen molar-refractivity contribution in [1.82, 2.24) is 0 Å². The van der Waals surface area contributed by atoms with Gasteiger partial charge in [0, 0.05) is 16.8 Å². The number of anilines is 2. The van der Waals surface area contributed by atoms with Gasteiger partial charge in [0.25, 0.3) is 11.8 Å². The second-order valence-corrected chi connectivity index (χ2v) is 7.15. The lowest BCUT2D eigenvalue weighted by atomic mass is 10.0. The van der Waals surface area contributed by atoms with Crippen LogP contribution in [0.4, 0.5) is 11.4 Å². The molecule has 1 N–H and O–H groups in total. The molecule has 0 saturated carbocycles. The highest BCUT2D eigenvalue weighted by molar-refractivity contribution is 6.46. The van der Waals surface area contributed by atoms with Gasteiger partial charge in [0.2, 0.25) is 0 Å². The van der Waals surface area contributed by atoms with Crippen LogP contribution in [0.3, 0.4) is 0 Å². The number of imide groups is 1. The Bertz CT molecular complexity index is 1240. The second-order valence-electron chi connectivity index (χ2n) is 6.72. The van der Waals surface area contributed by atoms with Gasteiger partial charge in [0.1, 0.15) is 11.4 Å². The zero-order valence-corrected chi connectivity index (χ0v) is 17.2. The van der Waals surface area contributed by atoms with E-state index in [1.165, 1.54) is 0 Å². The average molecular weight is 430 g/mol. The molecule has 31 heavy (non-hydrogen) atoms. The van der Waals surface area contributed by atoms with Crippen molar-refractivity contribution in [2.24, 2.45) is 0 Å². The minimum Gasteiger partial charge on any atom is -0.497 e. The number of halogens is 1. The van der Waals surface area contributed by atoms with Crippen LogP contribution in [0.5, 0.6) is 5.75 Å². The predicted octanol–water partition coefficient (Wildman–Crippen LogP) is 4.62. The number of hydrogen-bond donors (Lipinski definition) is 1. The number of nitrogens with one attached hydrogen (secondary N) is 1. The van der Waals surface area contributed by atoms with Crippen molar-refractivity contribution in [2.45, 2.75) is 0 Å². The van der Waals surface area contributed by atoms with Gasteiger partial charge >= 0.3 is 0 Å². The summed E-state index contributed by atoms with van der Waals surface area (Å²) >= 11 is 6.00. The van der Waals surface area contributed by atoms with Crippen LogP contribution in [0, 0.1) is 11.3 Å². The van der Waals surface area contributed by atoms with Crippen LogP contribution in [0.1, 0.15) is 11.1 Å². The Labute approximate surface area is 183 Å². The number of benzene rings is 3. The number of hydrogen-bond acceptors (Lipinski definition) is 5. The number of nitriles is 1. The molecule has 4 rings (SSSR count). The van der Waals surface area contributed by atoms with Crippen LogP contribution in [-0.4, -0.2) is 18.9 Å². The van der Waals surface area contributed by atoms with Gasteiger partial charge in [-0.2, -0.15) is 5.26 Å². The molecule has 0 atom stereocenters. The van der Waals surface area contributed by atoms with Gasteiger partial charge in [-0.1, -0.05) is 29.8 Å². The number of amides is 2. The van der Waals surface area contributed by atoms with Crippen molar-refractivity contribution in [1.29, 1.82) is 5.26 Å². The number of ether oxygens (including phenoxy) is 1. The fraction of sp³-hybridized carbons (Fsp3) is 0.0417. The molecule has 0 bridgehead atoms. The Kier molecular flexibility index (Phi) is 5.44. The van der Waals surface area contributed by atoms with E-state index in [4.69, 9.17) is 21.6 Å². The molecule has 0 radical (unpaired) electrons. The van der Waals surface area contributed by atoms with Crippen LogP contribution in [0.2, 0.25) is 5.02 Å². The lowest BCUT2D eigenvalue weighted by Gasteiger charge is -2.15. The van der Waals surface area contributed by atoms with Gasteiger partial charge in [-0.15, -0.1) is 0 Å². The summed E-state index contributed by atoms with van der Waals surface area (Å²) in [6, 6.07) is 22.1. The fourth-order valence-corrected chi connectivity index (χ4v) is 3.42. The topological polar surface area (TPSA) is 82.4 Å². The Balaban J connectivity index is 1.80. The van der Waals surface area contributed by atoms with E-state index in [0.717, 1.165) is 4.90 Å². The summed E-state index contributed by atoms with van der Waals surface area (Å²) in [6.45, 7) is 0. The number of rotatable bonds is 5. The summed E-state index contributed by atoms with van der Waals surface area (Å²) in [7, 11) is 1.55. The third-order valence-electron chi connectivity index (χ3n) is 4.81. The molecule has 0 fully saturated rings. The van der Waals surface area contributed by atoms with Gasteiger partial charge in [0.15, 0.2) is 0 Å². The normalized spacial score (nSPS) is 13.4. The van der Waals surface area contributed by atoms with E-state index >= 15 is 0 Å². The molecule has 1 aliphatic heterocycles. The van der Waals surface area contributed by atoms with E-state index in [1.54, 1.807) is 79.9 Å². The van der Waals surface area contributed by atoms with E-state index in [1.807, 2.05) is 6.07 Å². The molecular weight excluding hydrogens is 414 g/mol. The molecule has 0 unspecified atom stereocenters. The molecule has 0 spiro atoms. The molecule has 3 aromatic carbocycles. The highest BCUT2D eigenvalue weighted by atomic mass is 35.5. The number of carbonyl (C=O) groups is 2. The van der Waals surface area contributed by atoms with Crippen molar-refractivity contribution in [3.63, 3.8) is 0 Å². The molecule has 6 nitrogen and oxygen atoms in total. The highest BCUT2D eigenvalue weighted by Gasteiger charge is 2.40. The van der Waals surface area contributed by atoms with Crippen LogP contribution in [0.15, 0.2) is 78.5 Å². The van der Waals surface area contributed by atoms with Crippen LogP contribution < -0.4 is 15.0 Å². The minimum absolute atomic E-state index is 0.143. The van der Waals surface area contributed by atoms with Crippen LogP contribution in [-0.2, 0) is 9.59 Å². The number of nitrogens with zero attached hydrogens (tertiary/aromatic N) is 2. The summed E-state index contributed by atoms with van der Waals surface area (Å²) in [5.74, 6) is -0.357. The molecule has 0 aliphatic carbocycles. The fourth-order valence-electron chi connectivity index (χ4n) is 3.29. The number of carbonyl (C=O) groups excluding carboxylic acids is 2. The van der Waals surface area contributed by atoms with Crippen molar-refractivity contribution in [3.8, 4) is 11.8 Å². The molecule has 0 aromatic heterocycles. The standard InChI is InChI=1S/C24H16ClN3O3/c1-31-20-4-2-3-18(13-20)27-22-21(16-7-9-17(25)10-8-16)23(29)28(24(22)30)19-11-5-15(14-26)6-12-19/h2-13,27H,1H3. The largest absolute Gasteiger partial charge is 0.497 e. The maximum Gasteiger partial charge on any atom is 0.282 e. The summed E-state index contributed by atoms with van der Waals surface area (Å²) in [5.41, 5.74) is 2.35. The summed E-state index contributed by atoms with van der Waals surface area (Å²) in [4.78, 5) is 27.8. The lowest BCUT2D eigenvalue weighted by Crippen LogP contribution is -2.32. The smallest absolute Gasteiger partial charge is 0.282 e. The van der Waals surface area contributed by atoms with Crippen LogP contribution >= 0.6 is 11.6 Å². The third kappa shape index (κ3) is 3.87. The summed E-state index contributed by atoms with van der Waals surface area (Å²) in [6.07, 6.45) is 0. The molecule has 1 aliphatic rings. The van der Waals surface area contributed by atoms with Gasteiger partial charge in [-0.05, 0) is 54.1 Å². The molecular formula is C24H16ClN3O3. The van der Waals surface area contributed by atoms with Crippen molar-refractivity contribution in [3.05, 3.63) is 94.6 Å². The Morgan fingerprint density at radius 3 is 2.32 bits per heavy atom. The molecule has 7 heteroatoms. The monoisotopic (exact) mass is 429 g/mol. The molecule has 1 heterocycles. The predicted molar refractivity (Wildman–Crippen MR) is 119 cm³/mol. The SMILES string of the molecule is COc1cccc(NC2=C(c3ccc(Cl)cc3)C(=O)N(c3ccc(C#N)cc3)C2=O)c1. The zero-order valence-electron chi connectivity index (χ0n) is 16.4. The second kappa shape index (κ2) is 8.34. The maximum atomic E-state index is 13.4. The first-order chi connectivity index (χ1) is 15.0. The lowest BCUT2D eigenvalue weighted by molar-refractivity contribution is -0.120. The Morgan fingerprint density at radius 2 is 1.68 bits per heavy atom. The van der Waals surface area contributed by atoms with Crippen molar-refractivity contribution < 1.29 is 14.3 Å². The van der Waals surface area contributed by atoms with Gasteiger partial charge in [-0.3, -0.25) is 9.59 Å². The first-order valence-corrected chi connectivity index (χ1v) is 9.70. The molecule has 3 aromatic rings.